The van der Waals surface area contributed by atoms with Crippen molar-refractivity contribution in [3.8, 4) is 0 Å². The minimum atomic E-state index is -3.60. The number of hydrogen-bond acceptors (Lipinski definition) is 7. The zero-order valence-electron chi connectivity index (χ0n) is 22.4. The van der Waals surface area contributed by atoms with Gasteiger partial charge in [0.1, 0.15) is 0 Å². The van der Waals surface area contributed by atoms with Crippen LogP contribution in [0.2, 0.25) is 0 Å². The van der Waals surface area contributed by atoms with Crippen LogP contribution >= 0.6 is 11.8 Å². The fourth-order valence-corrected chi connectivity index (χ4v) is 6.75. The smallest absolute Gasteiger partial charge is 0.240 e. The van der Waals surface area contributed by atoms with Crippen LogP contribution in [0.15, 0.2) is 101 Å². The van der Waals surface area contributed by atoms with Crippen LogP contribution in [0.5, 0.6) is 0 Å². The number of aliphatic hydroxyl groups excluding tert-OH is 1. The summed E-state index contributed by atoms with van der Waals surface area (Å²) in [6.07, 6.45) is 2.79. The third-order valence-corrected chi connectivity index (χ3v) is 9.61. The van der Waals surface area contributed by atoms with Crippen molar-refractivity contribution in [2.45, 2.75) is 48.6 Å². The van der Waals surface area contributed by atoms with Gasteiger partial charge in [0.2, 0.25) is 10.0 Å². The second kappa shape index (κ2) is 12.7. The fraction of sp³-hybridized carbons (Fsp3) is 0.300. The first kappa shape index (κ1) is 28.5. The minimum absolute atomic E-state index is 0.0100. The third kappa shape index (κ3) is 6.65. The molecule has 40 heavy (non-hydrogen) atoms. The number of nitrogens with zero attached hydrogens (tertiary/aromatic N) is 2. The Balaban J connectivity index is 1.32. The van der Waals surface area contributed by atoms with Gasteiger partial charge in [-0.1, -0.05) is 85.4 Å². The van der Waals surface area contributed by atoms with E-state index in [1.54, 1.807) is 48.3 Å². The lowest BCUT2D eigenvalue weighted by Gasteiger charge is -2.41. The van der Waals surface area contributed by atoms with Gasteiger partial charge in [-0.05, 0) is 28.8 Å². The number of ether oxygens (including phenoxy) is 2. The highest BCUT2D eigenvalue weighted by Gasteiger charge is 2.38. The summed E-state index contributed by atoms with van der Waals surface area (Å²) in [5, 5.41) is 10.4. The van der Waals surface area contributed by atoms with E-state index in [2.05, 4.69) is 16.6 Å². The highest BCUT2D eigenvalue weighted by molar-refractivity contribution is 7.99. The number of imidazole rings is 1. The Hall–Kier alpha value is -2.99. The number of thioether (sulfide) groups is 1. The lowest BCUT2D eigenvalue weighted by molar-refractivity contribution is -0.268. The third-order valence-electron chi connectivity index (χ3n) is 7.05. The molecular weight excluding hydrogens is 546 g/mol. The van der Waals surface area contributed by atoms with E-state index in [4.69, 9.17) is 9.47 Å². The van der Waals surface area contributed by atoms with Crippen LogP contribution in [0.1, 0.15) is 41.6 Å². The van der Waals surface area contributed by atoms with Gasteiger partial charge < -0.3 is 19.1 Å². The van der Waals surface area contributed by atoms with Crippen LogP contribution in [0.3, 0.4) is 0 Å². The molecule has 0 unspecified atom stereocenters. The predicted octanol–water partition coefficient (Wildman–Crippen LogP) is 4.97. The largest absolute Gasteiger partial charge is 0.392 e. The molecule has 8 nitrogen and oxygen atoms in total. The van der Waals surface area contributed by atoms with Crippen molar-refractivity contribution >= 4 is 21.8 Å². The predicted molar refractivity (Wildman–Crippen MR) is 154 cm³/mol. The maximum atomic E-state index is 12.6. The molecule has 210 valence electrons. The van der Waals surface area contributed by atoms with Crippen LogP contribution in [0.4, 0.5) is 0 Å². The summed E-state index contributed by atoms with van der Waals surface area (Å²) in [4.78, 5) is 4.66. The number of rotatable bonds is 10. The standard InChI is InChI=1S/C30H33N3O5S2/c1-21-27(20-39-30-31-16-17-33(30)2)37-29(38-28(21)24-12-10-23(19-34)11-13-24)25-14-8-22(9-15-25)18-32-40(35,36)26-6-4-3-5-7-26/h3-17,21,27-29,32,34H,18-20H2,1-2H3/t21-,27+,28+,29+/m1/s1. The van der Waals surface area contributed by atoms with E-state index in [-0.39, 0.29) is 36.2 Å². The van der Waals surface area contributed by atoms with Gasteiger partial charge in [-0.2, -0.15) is 0 Å². The maximum absolute atomic E-state index is 12.6. The first-order chi connectivity index (χ1) is 19.3. The van der Waals surface area contributed by atoms with E-state index in [1.165, 1.54) is 0 Å². The first-order valence-electron chi connectivity index (χ1n) is 13.1. The Morgan fingerprint density at radius 3 is 2.27 bits per heavy atom. The van der Waals surface area contributed by atoms with E-state index in [1.807, 2.05) is 66.3 Å². The number of aryl methyl sites for hydroxylation is 1. The van der Waals surface area contributed by atoms with Gasteiger partial charge in [0, 0.05) is 43.2 Å². The van der Waals surface area contributed by atoms with E-state index < -0.39 is 16.3 Å². The number of aliphatic hydroxyl groups is 1. The Kier molecular flexibility index (Phi) is 9.04. The molecule has 0 amide bonds. The molecule has 10 heteroatoms. The molecule has 1 saturated heterocycles. The molecule has 1 fully saturated rings. The van der Waals surface area contributed by atoms with Crippen molar-refractivity contribution in [3.63, 3.8) is 0 Å². The monoisotopic (exact) mass is 579 g/mol. The van der Waals surface area contributed by atoms with E-state index >= 15 is 0 Å². The number of nitrogens with one attached hydrogen (secondary N) is 1. The normalized spacial score (nSPS) is 21.4. The molecule has 1 aromatic heterocycles. The van der Waals surface area contributed by atoms with E-state index in [0.717, 1.165) is 27.4 Å². The van der Waals surface area contributed by atoms with Crippen LogP contribution in [0.25, 0.3) is 0 Å². The van der Waals surface area contributed by atoms with E-state index in [0.29, 0.717) is 5.75 Å². The van der Waals surface area contributed by atoms with Gasteiger partial charge in [0.15, 0.2) is 11.4 Å². The van der Waals surface area contributed by atoms with E-state index in [9.17, 15) is 13.5 Å². The minimum Gasteiger partial charge on any atom is -0.392 e. The Morgan fingerprint density at radius 1 is 0.950 bits per heavy atom. The second-order valence-electron chi connectivity index (χ2n) is 9.83. The van der Waals surface area contributed by atoms with Crippen LogP contribution in [-0.2, 0) is 39.7 Å². The average molecular weight is 580 g/mol. The molecule has 0 radical (unpaired) electrons. The van der Waals surface area contributed by atoms with Crippen LogP contribution in [0, 0.1) is 5.92 Å². The number of hydrogen-bond donors (Lipinski definition) is 2. The van der Waals surface area contributed by atoms with Crippen molar-refractivity contribution in [2.24, 2.45) is 13.0 Å². The average Bonchev–Trinajstić information content (AvgIpc) is 3.40. The number of aromatic nitrogens is 2. The van der Waals surface area contributed by atoms with Crippen LogP contribution in [-0.4, -0.2) is 34.9 Å². The van der Waals surface area contributed by atoms with Gasteiger partial charge in [-0.15, -0.1) is 0 Å². The summed E-state index contributed by atoms with van der Waals surface area (Å²) in [5.41, 5.74) is 3.55. The summed E-state index contributed by atoms with van der Waals surface area (Å²) in [6.45, 7) is 2.29. The Labute approximate surface area is 239 Å². The quantitative estimate of drug-likeness (QED) is 0.256. The summed E-state index contributed by atoms with van der Waals surface area (Å²) in [6, 6.07) is 23.8. The molecule has 3 aromatic carbocycles. The molecule has 0 spiro atoms. The maximum Gasteiger partial charge on any atom is 0.240 e. The summed E-state index contributed by atoms with van der Waals surface area (Å²) < 4.78 is 42.9. The van der Waals surface area contributed by atoms with Crippen LogP contribution < -0.4 is 4.72 Å². The molecule has 0 bridgehead atoms. The zero-order valence-corrected chi connectivity index (χ0v) is 24.0. The molecule has 4 atom stereocenters. The van der Waals surface area contributed by atoms with Crippen molar-refractivity contribution in [2.75, 3.05) is 5.75 Å². The summed E-state index contributed by atoms with van der Waals surface area (Å²) in [5.74, 6) is 0.770. The lowest BCUT2D eigenvalue weighted by atomic mass is 9.91. The second-order valence-corrected chi connectivity index (χ2v) is 12.6. The van der Waals surface area contributed by atoms with Gasteiger partial charge >= 0.3 is 0 Å². The van der Waals surface area contributed by atoms with Crippen molar-refractivity contribution in [3.05, 3.63) is 114 Å². The Morgan fingerprint density at radius 2 is 1.62 bits per heavy atom. The highest BCUT2D eigenvalue weighted by atomic mass is 32.2. The molecule has 2 N–H and O–H groups in total. The van der Waals surface area contributed by atoms with Gasteiger partial charge in [0.05, 0.1) is 23.7 Å². The molecule has 2 heterocycles. The highest BCUT2D eigenvalue weighted by Crippen LogP contribution is 2.42. The molecular formula is C30H33N3O5S2. The zero-order chi connectivity index (χ0) is 28.1. The van der Waals surface area contributed by atoms with Gasteiger partial charge in [-0.3, -0.25) is 0 Å². The Bertz CT molecular complexity index is 1490. The number of benzene rings is 3. The summed E-state index contributed by atoms with van der Waals surface area (Å²) >= 11 is 1.65. The summed E-state index contributed by atoms with van der Waals surface area (Å²) in [7, 11) is -1.63. The first-order valence-corrected chi connectivity index (χ1v) is 15.6. The topological polar surface area (TPSA) is 103 Å². The van der Waals surface area contributed by atoms with Gasteiger partial charge in [0.25, 0.3) is 0 Å². The molecule has 0 saturated carbocycles. The number of sulfonamides is 1. The molecule has 4 aromatic rings. The van der Waals surface area contributed by atoms with Gasteiger partial charge in [-0.25, -0.2) is 18.1 Å². The molecule has 0 aliphatic carbocycles. The molecule has 1 aliphatic rings. The lowest BCUT2D eigenvalue weighted by Crippen LogP contribution is -2.38. The van der Waals surface area contributed by atoms with Crippen molar-refractivity contribution in [1.82, 2.24) is 14.3 Å². The molecule has 5 rings (SSSR count). The van der Waals surface area contributed by atoms with Crippen molar-refractivity contribution in [1.29, 1.82) is 0 Å². The molecule has 1 aliphatic heterocycles. The van der Waals surface area contributed by atoms with Crippen molar-refractivity contribution < 1.29 is 23.0 Å². The fourth-order valence-electron chi connectivity index (χ4n) is 4.61. The SMILES string of the molecule is C[C@@H]1[C@H](CSc2nccn2C)O[C@H](c2ccc(CNS(=O)(=O)c3ccccc3)cc2)O[C@@H]1c1ccc(CO)cc1.